The average molecular weight is 345 g/mol. The van der Waals surface area contributed by atoms with Gasteiger partial charge in [-0.2, -0.15) is 0 Å². The van der Waals surface area contributed by atoms with Gasteiger partial charge in [-0.05, 0) is 32.6 Å². The average Bonchev–Trinajstić information content (AvgIpc) is 2.54. The molecule has 5 nitrogen and oxygen atoms in total. The van der Waals surface area contributed by atoms with Crippen molar-refractivity contribution in [1.82, 2.24) is 10.6 Å². The van der Waals surface area contributed by atoms with Crippen molar-refractivity contribution in [2.45, 2.75) is 105 Å². The Kier molecular flexibility index (Phi) is 17.8. The van der Waals surface area contributed by atoms with Gasteiger partial charge in [-0.25, -0.2) is 0 Å². The fourth-order valence-corrected chi connectivity index (χ4v) is 2.40. The lowest BCUT2D eigenvalue weighted by molar-refractivity contribution is -0.128. The van der Waals surface area contributed by atoms with Gasteiger partial charge >= 0.3 is 0 Å². The van der Waals surface area contributed by atoms with Crippen LogP contribution in [0.3, 0.4) is 0 Å². The van der Waals surface area contributed by atoms with Crippen LogP contribution in [0.25, 0.3) is 0 Å². The highest BCUT2D eigenvalue weighted by molar-refractivity contribution is 5.89. The summed E-state index contributed by atoms with van der Waals surface area (Å²) in [6.45, 7) is 11.8. The third-order valence-corrected chi connectivity index (χ3v) is 3.66. The molecule has 1 amide bonds. The summed E-state index contributed by atoms with van der Waals surface area (Å²) in [7, 11) is 0. The number of carbonyl (C=O) groups excluding carboxylic acids is 2. The first-order valence-electron chi connectivity index (χ1n) is 9.60. The summed E-state index contributed by atoms with van der Waals surface area (Å²) >= 11 is 0. The Morgan fingerprint density at radius 1 is 0.958 bits per heavy atom. The number of aliphatic hydroxyl groups is 1. The summed E-state index contributed by atoms with van der Waals surface area (Å²) in [5.41, 5.74) is 0. The molecule has 144 valence electrons. The molecule has 2 unspecified atom stereocenters. The largest absolute Gasteiger partial charge is 0.396 e. The van der Waals surface area contributed by atoms with Crippen molar-refractivity contribution in [3.05, 3.63) is 0 Å². The first kappa shape index (κ1) is 25.3. The van der Waals surface area contributed by atoms with E-state index in [1.165, 1.54) is 6.92 Å². The lowest BCUT2D eigenvalue weighted by Gasteiger charge is -2.24. The van der Waals surface area contributed by atoms with E-state index in [1.54, 1.807) is 0 Å². The molecule has 0 bridgehead atoms. The van der Waals surface area contributed by atoms with Crippen LogP contribution < -0.4 is 10.6 Å². The first-order valence-corrected chi connectivity index (χ1v) is 9.60. The smallest absolute Gasteiger partial charge is 0.237 e. The molecule has 5 heteroatoms. The van der Waals surface area contributed by atoms with Gasteiger partial charge in [0.2, 0.25) is 5.91 Å². The molecule has 24 heavy (non-hydrogen) atoms. The quantitative estimate of drug-likeness (QED) is 0.448. The fraction of sp³-hybridized carbons (Fsp3) is 0.895. The van der Waals surface area contributed by atoms with Crippen LogP contribution in [0.5, 0.6) is 0 Å². The molecule has 0 aromatic rings. The second-order valence-electron chi connectivity index (χ2n) is 6.26. The highest BCUT2D eigenvalue weighted by atomic mass is 16.3. The Balaban J connectivity index is 0. The normalized spacial score (nSPS) is 13.0. The van der Waals surface area contributed by atoms with Crippen molar-refractivity contribution >= 4 is 11.7 Å². The van der Waals surface area contributed by atoms with Gasteiger partial charge in [-0.15, -0.1) is 0 Å². The maximum atomic E-state index is 12.4. The number of nitrogens with one attached hydrogen (secondary N) is 2. The Labute approximate surface area is 149 Å². The Hall–Kier alpha value is -0.940. The Bertz CT molecular complexity index is 320. The van der Waals surface area contributed by atoms with E-state index in [0.29, 0.717) is 19.3 Å². The molecule has 0 spiro atoms. The monoisotopic (exact) mass is 344 g/mol. The zero-order valence-electron chi connectivity index (χ0n) is 16.7. The van der Waals surface area contributed by atoms with Crippen LogP contribution in [0.15, 0.2) is 0 Å². The van der Waals surface area contributed by atoms with Crippen molar-refractivity contribution in [3.63, 3.8) is 0 Å². The molecule has 0 fully saturated rings. The molecule has 0 aliphatic carbocycles. The fourth-order valence-electron chi connectivity index (χ4n) is 2.40. The molecule has 0 aromatic heterocycles. The highest BCUT2D eigenvalue weighted by Gasteiger charge is 2.23. The molecule has 0 radical (unpaired) electrons. The molecule has 3 N–H and O–H groups in total. The zero-order valence-corrected chi connectivity index (χ0v) is 16.7. The highest BCUT2D eigenvalue weighted by Crippen LogP contribution is 2.07. The standard InChI is InChI=1S/C17H34N2O3.C2H6/c1-5-6-7-10-15(14(4)21)19-17(22)16(18-13(2)3)11-8-9-12-20;1-2/h13,15-16,18,20H,5-12H2,1-4H3,(H,19,22);1-2H3. The van der Waals surface area contributed by atoms with Gasteiger partial charge in [-0.1, -0.05) is 53.9 Å². The Morgan fingerprint density at radius 2 is 1.50 bits per heavy atom. The number of amides is 1. The summed E-state index contributed by atoms with van der Waals surface area (Å²) in [5.74, 6) is -0.0913. The van der Waals surface area contributed by atoms with Crippen LogP contribution in [-0.4, -0.2) is 41.5 Å². The number of hydrogen-bond donors (Lipinski definition) is 3. The second kappa shape index (κ2) is 16.9. The molecule has 0 aromatic carbocycles. The van der Waals surface area contributed by atoms with Crippen LogP contribution in [0.1, 0.15) is 86.5 Å². The van der Waals surface area contributed by atoms with Gasteiger partial charge in [0, 0.05) is 12.6 Å². The van der Waals surface area contributed by atoms with Crippen LogP contribution >= 0.6 is 0 Å². The second-order valence-corrected chi connectivity index (χ2v) is 6.26. The summed E-state index contributed by atoms with van der Waals surface area (Å²) in [5, 5.41) is 15.0. The Morgan fingerprint density at radius 3 is 1.96 bits per heavy atom. The number of carbonyl (C=O) groups is 2. The van der Waals surface area contributed by atoms with Crippen LogP contribution in [0.2, 0.25) is 0 Å². The molecular formula is C19H40N2O3. The minimum atomic E-state index is -0.381. The van der Waals surface area contributed by atoms with Crippen LogP contribution in [0, 0.1) is 0 Å². The van der Waals surface area contributed by atoms with Gasteiger partial charge in [0.05, 0.1) is 12.1 Å². The molecule has 0 aliphatic rings. The molecule has 0 heterocycles. The number of hydrogen-bond acceptors (Lipinski definition) is 4. The van der Waals surface area contributed by atoms with E-state index >= 15 is 0 Å². The molecule has 0 saturated carbocycles. The molecule has 0 saturated heterocycles. The molecular weight excluding hydrogens is 304 g/mol. The number of rotatable bonds is 13. The summed E-state index contributed by atoms with van der Waals surface area (Å²) in [6, 6.07) is -0.492. The van der Waals surface area contributed by atoms with E-state index < -0.39 is 0 Å². The van der Waals surface area contributed by atoms with E-state index in [4.69, 9.17) is 5.11 Å². The maximum Gasteiger partial charge on any atom is 0.237 e. The van der Waals surface area contributed by atoms with Crippen molar-refractivity contribution < 1.29 is 14.7 Å². The summed E-state index contributed by atoms with van der Waals surface area (Å²) in [4.78, 5) is 24.1. The van der Waals surface area contributed by atoms with E-state index in [0.717, 1.165) is 25.7 Å². The van der Waals surface area contributed by atoms with E-state index in [-0.39, 0.29) is 36.4 Å². The molecule has 0 rings (SSSR count). The third-order valence-electron chi connectivity index (χ3n) is 3.66. The van der Waals surface area contributed by atoms with Gasteiger partial charge in [0.15, 0.2) is 5.78 Å². The van der Waals surface area contributed by atoms with Gasteiger partial charge in [0.1, 0.15) is 0 Å². The summed E-state index contributed by atoms with van der Waals surface area (Å²) in [6.07, 6.45) is 5.98. The van der Waals surface area contributed by atoms with E-state index in [9.17, 15) is 9.59 Å². The van der Waals surface area contributed by atoms with Crippen LogP contribution in [0.4, 0.5) is 0 Å². The van der Waals surface area contributed by atoms with Gasteiger partial charge in [-0.3, -0.25) is 9.59 Å². The van der Waals surface area contributed by atoms with Crippen molar-refractivity contribution in [1.29, 1.82) is 0 Å². The number of unbranched alkanes of at least 4 members (excludes halogenated alkanes) is 3. The lowest BCUT2D eigenvalue weighted by Crippen LogP contribution is -2.51. The van der Waals surface area contributed by atoms with E-state index in [2.05, 4.69) is 17.6 Å². The van der Waals surface area contributed by atoms with Crippen molar-refractivity contribution in [2.75, 3.05) is 6.61 Å². The molecule has 2 atom stereocenters. The SMILES string of the molecule is CC.CCCCCC(NC(=O)C(CCCCO)NC(C)C)C(C)=O. The molecule has 0 aliphatic heterocycles. The number of ketones is 1. The number of Topliss-reactive ketones (excluding diaryl/α,β-unsaturated/α-hetero) is 1. The topological polar surface area (TPSA) is 78.4 Å². The maximum absolute atomic E-state index is 12.4. The minimum absolute atomic E-state index is 0.0168. The minimum Gasteiger partial charge on any atom is -0.396 e. The van der Waals surface area contributed by atoms with Gasteiger partial charge in [0.25, 0.3) is 0 Å². The van der Waals surface area contributed by atoms with Crippen molar-refractivity contribution in [3.8, 4) is 0 Å². The summed E-state index contributed by atoms with van der Waals surface area (Å²) < 4.78 is 0. The first-order chi connectivity index (χ1) is 11.4. The third kappa shape index (κ3) is 13.5. The predicted molar refractivity (Wildman–Crippen MR) is 101 cm³/mol. The van der Waals surface area contributed by atoms with Crippen molar-refractivity contribution in [2.24, 2.45) is 0 Å². The lowest BCUT2D eigenvalue weighted by atomic mass is 10.0. The van der Waals surface area contributed by atoms with Crippen LogP contribution in [-0.2, 0) is 9.59 Å². The predicted octanol–water partition coefficient (Wildman–Crippen LogP) is 3.20. The van der Waals surface area contributed by atoms with Gasteiger partial charge < -0.3 is 15.7 Å². The zero-order chi connectivity index (χ0) is 19.0. The number of aliphatic hydroxyl groups excluding tert-OH is 1. The van der Waals surface area contributed by atoms with E-state index in [1.807, 2.05) is 27.7 Å².